The monoisotopic (exact) mass is 483 g/mol. The third-order valence-electron chi connectivity index (χ3n) is 6.01. The van der Waals surface area contributed by atoms with Crippen LogP contribution in [-0.2, 0) is 14.3 Å². The largest absolute Gasteiger partial charge is 0.481 e. The molecule has 9 nitrogen and oxygen atoms in total. The summed E-state index contributed by atoms with van der Waals surface area (Å²) >= 11 is 0. The highest BCUT2D eigenvalue weighted by Crippen LogP contribution is 2.31. The molecule has 2 aromatic rings. The fourth-order valence-electron chi connectivity index (χ4n) is 4.22. The second kappa shape index (κ2) is 10.1. The Bertz CT molecular complexity index is 1040. The second-order valence-corrected chi connectivity index (χ2v) is 12.1. The Hall–Kier alpha value is -2.66. The van der Waals surface area contributed by atoms with Crippen LogP contribution in [0.15, 0.2) is 33.7 Å². The van der Waals surface area contributed by atoms with E-state index in [9.17, 15) is 27.8 Å². The lowest BCUT2D eigenvalue weighted by Gasteiger charge is -2.39. The SMILES string of the molecule is CS(=O)(O)(NC(=O)c1noc([C@H](CCCC2CCCCC2)CC(=O)O)n1)c1ccc(F)cc1. The van der Waals surface area contributed by atoms with Crippen molar-refractivity contribution in [2.24, 2.45) is 5.92 Å². The first-order valence-electron chi connectivity index (χ1n) is 11.0. The molecule has 1 saturated carbocycles. The zero-order valence-corrected chi connectivity index (χ0v) is 19.4. The van der Waals surface area contributed by atoms with Crippen LogP contribution in [0.5, 0.6) is 0 Å². The van der Waals surface area contributed by atoms with Crippen LogP contribution in [0.4, 0.5) is 4.39 Å². The first-order valence-corrected chi connectivity index (χ1v) is 13.4. The van der Waals surface area contributed by atoms with E-state index in [1.54, 1.807) is 0 Å². The highest BCUT2D eigenvalue weighted by molar-refractivity contribution is 8.13. The summed E-state index contributed by atoms with van der Waals surface area (Å²) in [6.07, 6.45) is 9.14. The standard InChI is InChI=1S/C22H30FN3O6S/c1-33(30,31,18-12-10-17(23)11-13-18)26-21(29)20-24-22(32-25-20)16(14-19(27)28)9-5-8-15-6-3-2-4-7-15/h10-13,15-16H,2-9,14H2,1H3,(H,27,28)(H2,26,29,30,31)/t16-/m1/s1. The molecule has 182 valence electrons. The van der Waals surface area contributed by atoms with Crippen molar-refractivity contribution < 1.29 is 32.4 Å². The maximum atomic E-state index is 13.2. The lowest BCUT2D eigenvalue weighted by atomic mass is 9.84. The molecule has 1 aromatic heterocycles. The van der Waals surface area contributed by atoms with E-state index < -0.39 is 39.0 Å². The van der Waals surface area contributed by atoms with Gasteiger partial charge in [-0.2, -0.15) is 9.19 Å². The van der Waals surface area contributed by atoms with E-state index >= 15 is 0 Å². The van der Waals surface area contributed by atoms with Crippen molar-refractivity contribution in [3.63, 3.8) is 0 Å². The molecular formula is C22H30FN3O6S. The van der Waals surface area contributed by atoms with Crippen LogP contribution in [0.1, 0.15) is 80.2 Å². The normalized spacial score (nSPS) is 17.1. The minimum atomic E-state index is -4.87. The van der Waals surface area contributed by atoms with Crippen molar-refractivity contribution in [1.82, 2.24) is 14.9 Å². The number of hydrogen-bond donors (Lipinski definition) is 3. The summed E-state index contributed by atoms with van der Waals surface area (Å²) < 4.78 is 43.9. The minimum Gasteiger partial charge on any atom is -0.481 e. The molecule has 1 aliphatic rings. The first-order chi connectivity index (χ1) is 15.5. The fraction of sp³-hybridized carbons (Fsp3) is 0.545. The van der Waals surface area contributed by atoms with Crippen molar-refractivity contribution in [3.8, 4) is 0 Å². The van der Waals surface area contributed by atoms with Gasteiger partial charge in [0.2, 0.25) is 5.89 Å². The van der Waals surface area contributed by atoms with Gasteiger partial charge >= 0.3 is 11.9 Å². The summed E-state index contributed by atoms with van der Waals surface area (Å²) in [5, 5.41) is 12.9. The average Bonchev–Trinajstić information content (AvgIpc) is 3.23. The number of amides is 1. The van der Waals surface area contributed by atoms with Crippen LogP contribution in [0.2, 0.25) is 0 Å². The molecule has 0 radical (unpaired) electrons. The number of nitrogens with zero attached hydrogens (tertiary/aromatic N) is 2. The molecule has 0 saturated heterocycles. The average molecular weight is 484 g/mol. The maximum absolute atomic E-state index is 13.2. The molecule has 11 heteroatoms. The number of carbonyl (C=O) groups is 2. The predicted octanol–water partition coefficient (Wildman–Crippen LogP) is 4.14. The highest BCUT2D eigenvalue weighted by atomic mass is 32.3. The molecule has 0 bridgehead atoms. The van der Waals surface area contributed by atoms with Gasteiger partial charge in [0.05, 0.1) is 11.3 Å². The van der Waals surface area contributed by atoms with E-state index in [-0.39, 0.29) is 17.2 Å². The van der Waals surface area contributed by atoms with Crippen LogP contribution in [0.25, 0.3) is 0 Å². The summed E-state index contributed by atoms with van der Waals surface area (Å²) in [6.45, 7) is 0. The summed E-state index contributed by atoms with van der Waals surface area (Å²) in [5.74, 6) is -3.07. The number of aliphatic carboxylic acids is 1. The van der Waals surface area contributed by atoms with Crippen molar-refractivity contribution in [1.29, 1.82) is 0 Å². The van der Waals surface area contributed by atoms with Crippen LogP contribution in [0, 0.1) is 11.7 Å². The Morgan fingerprint density at radius 1 is 1.24 bits per heavy atom. The van der Waals surface area contributed by atoms with Gasteiger partial charge in [-0.3, -0.25) is 14.1 Å². The third kappa shape index (κ3) is 6.91. The quantitative estimate of drug-likeness (QED) is 0.457. The van der Waals surface area contributed by atoms with E-state index in [4.69, 9.17) is 4.52 Å². The zero-order chi connectivity index (χ0) is 24.1. The second-order valence-electron chi connectivity index (χ2n) is 8.85. The zero-order valence-electron chi connectivity index (χ0n) is 18.5. The molecule has 1 aliphatic carbocycles. The molecule has 0 spiro atoms. The molecule has 0 unspecified atom stereocenters. The van der Waals surface area contributed by atoms with Gasteiger partial charge in [-0.1, -0.05) is 50.1 Å². The van der Waals surface area contributed by atoms with Gasteiger partial charge in [0.15, 0.2) is 0 Å². The Kier molecular flexibility index (Phi) is 7.63. The summed E-state index contributed by atoms with van der Waals surface area (Å²) in [5.41, 5.74) is 0. The Morgan fingerprint density at radius 3 is 2.55 bits per heavy atom. The predicted molar refractivity (Wildman–Crippen MR) is 119 cm³/mol. The van der Waals surface area contributed by atoms with Crippen LogP contribution >= 0.6 is 0 Å². The number of hydrogen-bond acceptors (Lipinski definition) is 6. The summed E-state index contributed by atoms with van der Waals surface area (Å²) in [7, 11) is -4.87. The number of carboxylic acids is 1. The van der Waals surface area contributed by atoms with E-state index in [1.807, 2.05) is 4.72 Å². The number of carbonyl (C=O) groups excluding carboxylic acids is 1. The first kappa shape index (κ1) is 25.0. The number of rotatable bonds is 10. The van der Waals surface area contributed by atoms with Crippen LogP contribution in [0.3, 0.4) is 0 Å². The number of carboxylic acid groups (broad SMARTS) is 1. The maximum Gasteiger partial charge on any atom is 0.310 e. The van der Waals surface area contributed by atoms with Crippen LogP contribution < -0.4 is 4.72 Å². The molecule has 33 heavy (non-hydrogen) atoms. The van der Waals surface area contributed by atoms with Gasteiger partial charge in [-0.25, -0.2) is 9.11 Å². The van der Waals surface area contributed by atoms with Crippen molar-refractivity contribution in [2.75, 3.05) is 6.26 Å². The number of aromatic nitrogens is 2. The molecule has 1 aromatic carbocycles. The van der Waals surface area contributed by atoms with Gasteiger partial charge in [-0.05, 0) is 36.6 Å². The molecular weight excluding hydrogens is 453 g/mol. The van der Waals surface area contributed by atoms with E-state index in [0.717, 1.165) is 43.4 Å². The number of benzene rings is 1. The van der Waals surface area contributed by atoms with E-state index in [1.165, 1.54) is 32.1 Å². The Morgan fingerprint density at radius 2 is 1.91 bits per heavy atom. The minimum absolute atomic E-state index is 0.00516. The van der Waals surface area contributed by atoms with Gasteiger partial charge in [0.1, 0.15) is 5.82 Å². The molecule has 0 aliphatic heterocycles. The lowest BCUT2D eigenvalue weighted by Crippen LogP contribution is -2.49. The van der Waals surface area contributed by atoms with Crippen molar-refractivity contribution in [2.45, 2.75) is 68.6 Å². The summed E-state index contributed by atoms with van der Waals surface area (Å²) in [4.78, 5) is 27.7. The van der Waals surface area contributed by atoms with E-state index in [2.05, 4.69) is 10.1 Å². The van der Waals surface area contributed by atoms with Gasteiger partial charge in [-0.15, -0.1) is 9.53 Å². The van der Waals surface area contributed by atoms with Gasteiger partial charge in [0.25, 0.3) is 5.82 Å². The highest BCUT2D eigenvalue weighted by Gasteiger charge is 2.30. The topological polar surface area (TPSA) is 143 Å². The molecule has 1 atom stereocenters. The van der Waals surface area contributed by atoms with Gasteiger partial charge in [0, 0.05) is 12.2 Å². The fourth-order valence-corrected chi connectivity index (χ4v) is 5.65. The summed E-state index contributed by atoms with van der Waals surface area (Å²) in [6, 6.07) is 4.21. The number of nitrogens with one attached hydrogen (secondary N) is 1. The molecule has 1 amide bonds. The van der Waals surface area contributed by atoms with Gasteiger partial charge < -0.3 is 9.63 Å². The number of halogens is 1. The molecule has 1 fully saturated rings. The lowest BCUT2D eigenvalue weighted by molar-refractivity contribution is -0.137. The van der Waals surface area contributed by atoms with Crippen molar-refractivity contribution >= 4 is 21.4 Å². The van der Waals surface area contributed by atoms with E-state index in [0.29, 0.717) is 12.3 Å². The van der Waals surface area contributed by atoms with Crippen molar-refractivity contribution in [3.05, 3.63) is 41.8 Å². The Labute approximate surface area is 191 Å². The smallest absolute Gasteiger partial charge is 0.310 e. The third-order valence-corrected chi connectivity index (χ3v) is 8.06. The Balaban J connectivity index is 1.67. The molecule has 3 rings (SSSR count). The molecule has 3 N–H and O–H groups in total. The van der Waals surface area contributed by atoms with Crippen LogP contribution in [-0.4, -0.2) is 42.1 Å². The molecule has 1 heterocycles.